The Kier molecular flexibility index (Phi) is 4.28. The SMILES string of the molecule is Cc1ccc(N2C(=O)[C@@H]3[C@@H]4C[C@@H]([C@@H]3C2=O)[C@@H](Sc2ccccc2C(=O)O)C4)cc1. The van der Waals surface area contributed by atoms with E-state index in [1.165, 1.54) is 4.90 Å². The van der Waals surface area contributed by atoms with Crippen molar-refractivity contribution in [2.75, 3.05) is 4.90 Å². The Morgan fingerprint density at radius 3 is 2.41 bits per heavy atom. The number of imide groups is 1. The van der Waals surface area contributed by atoms with Gasteiger partial charge in [0.25, 0.3) is 0 Å². The molecule has 148 valence electrons. The number of anilines is 1. The molecule has 2 aromatic rings. The lowest BCUT2D eigenvalue weighted by atomic mass is 9.81. The van der Waals surface area contributed by atoms with E-state index in [1.807, 2.05) is 43.3 Å². The van der Waals surface area contributed by atoms with Crippen LogP contribution in [0.5, 0.6) is 0 Å². The third-order valence-electron chi connectivity index (χ3n) is 6.64. The maximum absolute atomic E-state index is 13.2. The van der Waals surface area contributed by atoms with Crippen molar-refractivity contribution in [1.29, 1.82) is 0 Å². The summed E-state index contributed by atoms with van der Waals surface area (Å²) in [6, 6.07) is 14.5. The molecule has 0 spiro atoms. The van der Waals surface area contributed by atoms with Crippen LogP contribution in [0.1, 0.15) is 28.8 Å². The van der Waals surface area contributed by atoms with Crippen LogP contribution < -0.4 is 4.90 Å². The quantitative estimate of drug-likeness (QED) is 0.776. The summed E-state index contributed by atoms with van der Waals surface area (Å²) in [7, 11) is 0. The molecular formula is C23H21NO4S. The van der Waals surface area contributed by atoms with Gasteiger partial charge >= 0.3 is 5.97 Å². The Balaban J connectivity index is 1.41. The highest BCUT2D eigenvalue weighted by atomic mass is 32.2. The molecule has 2 bridgehead atoms. The van der Waals surface area contributed by atoms with E-state index >= 15 is 0 Å². The van der Waals surface area contributed by atoms with Gasteiger partial charge in [0.1, 0.15) is 0 Å². The normalized spacial score (nSPS) is 30.1. The molecule has 1 heterocycles. The van der Waals surface area contributed by atoms with E-state index in [-0.39, 0.29) is 40.7 Å². The van der Waals surface area contributed by atoms with Gasteiger partial charge in [-0.25, -0.2) is 4.79 Å². The zero-order valence-corrected chi connectivity index (χ0v) is 16.8. The number of carboxylic acid groups (broad SMARTS) is 1. The lowest BCUT2D eigenvalue weighted by Crippen LogP contribution is -2.33. The van der Waals surface area contributed by atoms with E-state index < -0.39 is 5.97 Å². The van der Waals surface area contributed by atoms with Crippen LogP contribution in [0, 0.1) is 30.6 Å². The summed E-state index contributed by atoms with van der Waals surface area (Å²) in [6.45, 7) is 1.98. The maximum Gasteiger partial charge on any atom is 0.336 e. The molecule has 2 saturated carbocycles. The molecule has 3 fully saturated rings. The number of aryl methyl sites for hydroxylation is 1. The first-order chi connectivity index (χ1) is 14.0. The Bertz CT molecular complexity index is 1020. The van der Waals surface area contributed by atoms with E-state index in [1.54, 1.807) is 23.9 Å². The van der Waals surface area contributed by atoms with Crippen LogP contribution >= 0.6 is 11.8 Å². The summed E-state index contributed by atoms with van der Waals surface area (Å²) >= 11 is 1.56. The van der Waals surface area contributed by atoms with E-state index in [0.29, 0.717) is 11.3 Å². The van der Waals surface area contributed by atoms with E-state index in [4.69, 9.17) is 0 Å². The minimum atomic E-state index is -0.938. The third-order valence-corrected chi connectivity index (χ3v) is 8.10. The van der Waals surface area contributed by atoms with Gasteiger partial charge < -0.3 is 5.11 Å². The Hall–Kier alpha value is -2.60. The third kappa shape index (κ3) is 2.81. The molecular weight excluding hydrogens is 386 g/mol. The van der Waals surface area contributed by atoms with Crippen LogP contribution in [0.2, 0.25) is 0 Å². The standard InChI is InChI=1S/C23H21NO4S/c1-12-6-8-14(9-7-12)24-21(25)19-13-10-16(20(19)22(24)26)18(11-13)29-17-5-3-2-4-15(17)23(27)28/h2-9,13,16,18-20H,10-11H2,1H3,(H,27,28)/t13-,16-,18+,19-,20+/m1/s1. The van der Waals surface area contributed by atoms with Gasteiger partial charge in [-0.15, -0.1) is 11.8 Å². The summed E-state index contributed by atoms with van der Waals surface area (Å²) < 4.78 is 0. The molecule has 0 unspecified atom stereocenters. The van der Waals surface area contributed by atoms with Crippen molar-refractivity contribution >= 4 is 35.2 Å². The second-order valence-electron chi connectivity index (χ2n) is 8.25. The number of rotatable bonds is 4. The van der Waals surface area contributed by atoms with Gasteiger partial charge in [0.05, 0.1) is 23.1 Å². The molecule has 0 radical (unpaired) electrons. The first-order valence-electron chi connectivity index (χ1n) is 9.89. The van der Waals surface area contributed by atoms with Crippen molar-refractivity contribution in [1.82, 2.24) is 0 Å². The Morgan fingerprint density at radius 2 is 1.69 bits per heavy atom. The lowest BCUT2D eigenvalue weighted by molar-refractivity contribution is -0.123. The number of fused-ring (bicyclic) bond motifs is 5. The monoisotopic (exact) mass is 407 g/mol. The number of aromatic carboxylic acids is 1. The Morgan fingerprint density at radius 1 is 1.00 bits per heavy atom. The van der Waals surface area contributed by atoms with Crippen LogP contribution in [0.15, 0.2) is 53.4 Å². The Labute approximate surface area is 173 Å². The largest absolute Gasteiger partial charge is 0.478 e. The first-order valence-corrected chi connectivity index (χ1v) is 10.8. The summed E-state index contributed by atoms with van der Waals surface area (Å²) in [5.74, 6) is -1.28. The van der Waals surface area contributed by atoms with Crippen molar-refractivity contribution in [3.8, 4) is 0 Å². The number of amides is 2. The molecule has 5 atom stereocenters. The second kappa shape index (κ2) is 6.73. The van der Waals surface area contributed by atoms with Crippen LogP contribution in [0.3, 0.4) is 0 Å². The highest BCUT2D eigenvalue weighted by molar-refractivity contribution is 8.00. The molecule has 1 saturated heterocycles. The molecule has 2 amide bonds. The van der Waals surface area contributed by atoms with Gasteiger partial charge in [-0.05, 0) is 55.9 Å². The average molecular weight is 407 g/mol. The van der Waals surface area contributed by atoms with Crippen LogP contribution in [0.4, 0.5) is 5.69 Å². The van der Waals surface area contributed by atoms with Crippen molar-refractivity contribution in [2.24, 2.45) is 23.7 Å². The molecule has 0 aromatic heterocycles. The minimum absolute atomic E-state index is 0.0641. The number of hydrogen-bond donors (Lipinski definition) is 1. The van der Waals surface area contributed by atoms with Crippen molar-refractivity contribution in [2.45, 2.75) is 29.9 Å². The number of carbonyl (C=O) groups excluding carboxylic acids is 2. The smallest absolute Gasteiger partial charge is 0.336 e. The second-order valence-corrected chi connectivity index (χ2v) is 9.53. The zero-order valence-electron chi connectivity index (χ0n) is 15.9. The predicted octanol–water partition coefficient (Wildman–Crippen LogP) is 4.00. The highest BCUT2D eigenvalue weighted by Crippen LogP contribution is 2.60. The fraction of sp³-hybridized carbons (Fsp3) is 0.348. The number of nitrogens with zero attached hydrogens (tertiary/aromatic N) is 1. The molecule has 3 aliphatic rings. The van der Waals surface area contributed by atoms with Crippen molar-refractivity contribution in [3.63, 3.8) is 0 Å². The highest BCUT2D eigenvalue weighted by Gasteiger charge is 2.64. The zero-order chi connectivity index (χ0) is 20.3. The van der Waals surface area contributed by atoms with Gasteiger partial charge in [-0.3, -0.25) is 14.5 Å². The van der Waals surface area contributed by atoms with Crippen molar-refractivity contribution in [3.05, 3.63) is 59.7 Å². The van der Waals surface area contributed by atoms with Gasteiger partial charge in [-0.2, -0.15) is 0 Å². The molecule has 2 aromatic carbocycles. The molecule has 2 aliphatic carbocycles. The fourth-order valence-electron chi connectivity index (χ4n) is 5.39. The van der Waals surface area contributed by atoms with Gasteiger partial charge in [0, 0.05) is 10.1 Å². The molecule has 29 heavy (non-hydrogen) atoms. The number of carbonyl (C=O) groups is 3. The molecule has 1 N–H and O–H groups in total. The number of thioether (sulfide) groups is 1. The summed E-state index contributed by atoms with van der Waals surface area (Å²) in [5.41, 5.74) is 2.04. The van der Waals surface area contributed by atoms with Crippen LogP contribution in [0.25, 0.3) is 0 Å². The molecule has 1 aliphatic heterocycles. The number of hydrogen-bond acceptors (Lipinski definition) is 4. The molecule has 5 nitrogen and oxygen atoms in total. The van der Waals surface area contributed by atoms with Gasteiger partial charge in [-0.1, -0.05) is 29.8 Å². The average Bonchev–Trinajstić information content (AvgIpc) is 3.34. The van der Waals surface area contributed by atoms with Gasteiger partial charge in [0.2, 0.25) is 11.8 Å². The van der Waals surface area contributed by atoms with Gasteiger partial charge in [0.15, 0.2) is 0 Å². The molecule has 6 heteroatoms. The van der Waals surface area contributed by atoms with Crippen LogP contribution in [-0.2, 0) is 9.59 Å². The van der Waals surface area contributed by atoms with E-state index in [2.05, 4.69) is 0 Å². The predicted molar refractivity (Wildman–Crippen MR) is 110 cm³/mol. The fourth-order valence-corrected chi connectivity index (χ4v) is 6.96. The summed E-state index contributed by atoms with van der Waals surface area (Å²) in [5, 5.41) is 9.62. The van der Waals surface area contributed by atoms with Crippen LogP contribution in [-0.4, -0.2) is 28.1 Å². The van der Waals surface area contributed by atoms with Crippen molar-refractivity contribution < 1.29 is 19.5 Å². The summed E-state index contributed by atoms with van der Waals surface area (Å²) in [4.78, 5) is 40.0. The lowest BCUT2D eigenvalue weighted by Gasteiger charge is -2.28. The topological polar surface area (TPSA) is 74.7 Å². The first kappa shape index (κ1) is 18.4. The summed E-state index contributed by atoms with van der Waals surface area (Å²) in [6.07, 6.45) is 1.73. The number of benzene rings is 2. The van der Waals surface area contributed by atoms with E-state index in [9.17, 15) is 19.5 Å². The number of carboxylic acids is 1. The van der Waals surface area contributed by atoms with E-state index in [0.717, 1.165) is 23.3 Å². The minimum Gasteiger partial charge on any atom is -0.478 e. The maximum atomic E-state index is 13.2. The molecule has 5 rings (SSSR count).